The third-order valence-electron chi connectivity index (χ3n) is 4.01. The molecular weight excluding hydrogens is 304 g/mol. The summed E-state index contributed by atoms with van der Waals surface area (Å²) < 4.78 is 0. The summed E-state index contributed by atoms with van der Waals surface area (Å²) in [5.74, 6) is 0.814. The van der Waals surface area contributed by atoms with Gasteiger partial charge in [0.05, 0.1) is 11.5 Å². The molecular formula is C18H20N4O2. The molecule has 1 heterocycles. The number of rotatable bonds is 4. The molecule has 0 saturated heterocycles. The number of fused-ring (bicyclic) bond motifs is 1. The van der Waals surface area contributed by atoms with E-state index in [2.05, 4.69) is 33.4 Å². The lowest BCUT2D eigenvalue weighted by Crippen LogP contribution is -2.40. The normalized spacial score (nSPS) is 13.7. The summed E-state index contributed by atoms with van der Waals surface area (Å²) >= 11 is 0. The number of nitro groups is 1. The molecule has 6 heteroatoms. The van der Waals surface area contributed by atoms with Crippen LogP contribution in [-0.2, 0) is 13.0 Å². The molecule has 0 bridgehead atoms. The average molecular weight is 324 g/mol. The van der Waals surface area contributed by atoms with Crippen molar-refractivity contribution in [2.24, 2.45) is 4.99 Å². The first-order valence-corrected chi connectivity index (χ1v) is 8.06. The molecule has 0 saturated carbocycles. The molecule has 2 aromatic carbocycles. The van der Waals surface area contributed by atoms with Crippen molar-refractivity contribution >= 4 is 17.3 Å². The fourth-order valence-electron chi connectivity index (χ4n) is 2.89. The third kappa shape index (κ3) is 3.37. The molecule has 0 atom stereocenters. The molecule has 0 fully saturated rings. The topological polar surface area (TPSA) is 70.8 Å². The Hall–Kier alpha value is -2.89. The van der Waals surface area contributed by atoms with Crippen LogP contribution in [0.25, 0.3) is 0 Å². The van der Waals surface area contributed by atoms with Crippen LogP contribution in [0.2, 0.25) is 0 Å². The minimum Gasteiger partial charge on any atom is -0.356 e. The molecule has 6 nitrogen and oxygen atoms in total. The van der Waals surface area contributed by atoms with E-state index in [0.29, 0.717) is 6.54 Å². The maximum absolute atomic E-state index is 10.9. The monoisotopic (exact) mass is 324 g/mol. The Bertz CT molecular complexity index is 773. The van der Waals surface area contributed by atoms with Gasteiger partial charge in [-0.05, 0) is 30.5 Å². The number of hydrogen-bond donors (Lipinski definition) is 1. The van der Waals surface area contributed by atoms with E-state index >= 15 is 0 Å². The van der Waals surface area contributed by atoms with Crippen molar-refractivity contribution in [1.82, 2.24) is 5.32 Å². The molecule has 3 rings (SSSR count). The number of nitro benzene ring substituents is 1. The van der Waals surface area contributed by atoms with Crippen molar-refractivity contribution in [2.75, 3.05) is 18.0 Å². The molecule has 24 heavy (non-hydrogen) atoms. The van der Waals surface area contributed by atoms with Crippen molar-refractivity contribution in [1.29, 1.82) is 0 Å². The Labute approximate surface area is 141 Å². The lowest BCUT2D eigenvalue weighted by Gasteiger charge is -2.22. The molecule has 1 aliphatic rings. The maximum Gasteiger partial charge on any atom is 0.269 e. The van der Waals surface area contributed by atoms with Gasteiger partial charge in [-0.1, -0.05) is 30.3 Å². The summed E-state index contributed by atoms with van der Waals surface area (Å²) in [5.41, 5.74) is 3.42. The Morgan fingerprint density at radius 2 is 2.12 bits per heavy atom. The van der Waals surface area contributed by atoms with E-state index in [0.717, 1.165) is 31.0 Å². The van der Waals surface area contributed by atoms with Gasteiger partial charge < -0.3 is 10.2 Å². The lowest BCUT2D eigenvalue weighted by molar-refractivity contribution is -0.384. The minimum absolute atomic E-state index is 0.0965. The van der Waals surface area contributed by atoms with Gasteiger partial charge in [-0.15, -0.1) is 0 Å². The van der Waals surface area contributed by atoms with E-state index < -0.39 is 0 Å². The summed E-state index contributed by atoms with van der Waals surface area (Å²) in [4.78, 5) is 17.4. The lowest BCUT2D eigenvalue weighted by atomic mass is 10.2. The second kappa shape index (κ2) is 7.12. The van der Waals surface area contributed by atoms with E-state index in [4.69, 9.17) is 0 Å². The number of nitrogens with zero attached hydrogens (tertiary/aromatic N) is 3. The van der Waals surface area contributed by atoms with Crippen LogP contribution in [0.15, 0.2) is 53.5 Å². The van der Waals surface area contributed by atoms with Crippen LogP contribution in [0, 0.1) is 10.1 Å². The van der Waals surface area contributed by atoms with Crippen LogP contribution < -0.4 is 10.2 Å². The van der Waals surface area contributed by atoms with Crippen LogP contribution in [-0.4, -0.2) is 24.0 Å². The van der Waals surface area contributed by atoms with Gasteiger partial charge in [0.25, 0.3) is 5.69 Å². The SMILES string of the molecule is CCNC(=NCc1cccc([N+](=O)[O-])c1)N1CCc2ccccc21. The van der Waals surface area contributed by atoms with Crippen molar-refractivity contribution in [2.45, 2.75) is 19.9 Å². The molecule has 0 spiro atoms. The highest BCUT2D eigenvalue weighted by Gasteiger charge is 2.22. The van der Waals surface area contributed by atoms with E-state index in [1.807, 2.05) is 19.1 Å². The van der Waals surface area contributed by atoms with Crippen molar-refractivity contribution in [3.63, 3.8) is 0 Å². The summed E-state index contributed by atoms with van der Waals surface area (Å²) in [6.45, 7) is 4.10. The summed E-state index contributed by atoms with van der Waals surface area (Å²) in [5, 5.41) is 14.2. The zero-order valence-electron chi connectivity index (χ0n) is 13.6. The summed E-state index contributed by atoms with van der Waals surface area (Å²) in [7, 11) is 0. The van der Waals surface area contributed by atoms with Gasteiger partial charge >= 0.3 is 0 Å². The molecule has 0 aliphatic carbocycles. The molecule has 124 valence electrons. The first-order chi connectivity index (χ1) is 11.7. The number of nitrogens with one attached hydrogen (secondary N) is 1. The van der Waals surface area contributed by atoms with Gasteiger partial charge in [-0.3, -0.25) is 10.1 Å². The molecule has 1 aliphatic heterocycles. The molecule has 0 radical (unpaired) electrons. The highest BCUT2D eigenvalue weighted by molar-refractivity contribution is 5.97. The first kappa shape index (κ1) is 16.0. The van der Waals surface area contributed by atoms with Gasteiger partial charge in [-0.25, -0.2) is 4.99 Å². The van der Waals surface area contributed by atoms with Gasteiger partial charge in [0.15, 0.2) is 5.96 Å². The number of aliphatic imine (C=N–C) groups is 1. The second-order valence-electron chi connectivity index (χ2n) is 5.63. The minimum atomic E-state index is -0.380. The first-order valence-electron chi connectivity index (χ1n) is 8.06. The second-order valence-corrected chi connectivity index (χ2v) is 5.63. The van der Waals surface area contributed by atoms with E-state index in [1.165, 1.54) is 17.3 Å². The number of hydrogen-bond acceptors (Lipinski definition) is 3. The number of non-ortho nitro benzene ring substituents is 1. The van der Waals surface area contributed by atoms with Gasteiger partial charge in [0.2, 0.25) is 0 Å². The maximum atomic E-state index is 10.9. The number of benzene rings is 2. The largest absolute Gasteiger partial charge is 0.356 e. The highest BCUT2D eigenvalue weighted by Crippen LogP contribution is 2.27. The standard InChI is InChI=1S/C18H20N4O2/c1-2-19-18(21-11-10-15-7-3-4-9-17(15)21)20-13-14-6-5-8-16(12-14)22(23)24/h3-9,12H,2,10-11,13H2,1H3,(H,19,20). The van der Waals surface area contributed by atoms with Crippen LogP contribution in [0.1, 0.15) is 18.1 Å². The summed E-state index contributed by atoms with van der Waals surface area (Å²) in [6.07, 6.45) is 0.997. The fourth-order valence-corrected chi connectivity index (χ4v) is 2.89. The van der Waals surface area contributed by atoms with Gasteiger partial charge in [-0.2, -0.15) is 0 Å². The number of guanidine groups is 1. The quantitative estimate of drug-likeness (QED) is 0.406. The van der Waals surface area contributed by atoms with Gasteiger partial charge in [0, 0.05) is 30.9 Å². The number of anilines is 1. The van der Waals surface area contributed by atoms with Crippen LogP contribution in [0.3, 0.4) is 0 Å². The smallest absolute Gasteiger partial charge is 0.269 e. The molecule has 0 aromatic heterocycles. The van der Waals surface area contributed by atoms with Gasteiger partial charge in [0.1, 0.15) is 0 Å². The van der Waals surface area contributed by atoms with Crippen LogP contribution in [0.5, 0.6) is 0 Å². The van der Waals surface area contributed by atoms with Crippen molar-refractivity contribution in [3.8, 4) is 0 Å². The predicted octanol–water partition coefficient (Wildman–Crippen LogP) is 3.12. The zero-order valence-corrected chi connectivity index (χ0v) is 13.6. The molecule has 1 N–H and O–H groups in total. The van der Waals surface area contributed by atoms with E-state index in [1.54, 1.807) is 12.1 Å². The third-order valence-corrected chi connectivity index (χ3v) is 4.01. The predicted molar refractivity (Wildman–Crippen MR) is 95.4 cm³/mol. The van der Waals surface area contributed by atoms with E-state index in [9.17, 15) is 10.1 Å². The van der Waals surface area contributed by atoms with E-state index in [-0.39, 0.29) is 10.6 Å². The zero-order chi connectivity index (χ0) is 16.9. The average Bonchev–Trinajstić information content (AvgIpc) is 3.03. The van der Waals surface area contributed by atoms with Crippen molar-refractivity contribution in [3.05, 3.63) is 69.8 Å². The van der Waals surface area contributed by atoms with Crippen LogP contribution in [0.4, 0.5) is 11.4 Å². The molecule has 2 aromatic rings. The molecule has 0 unspecified atom stereocenters. The van der Waals surface area contributed by atoms with Crippen molar-refractivity contribution < 1.29 is 4.92 Å². The highest BCUT2D eigenvalue weighted by atomic mass is 16.6. The Morgan fingerprint density at radius 3 is 2.92 bits per heavy atom. The Balaban J connectivity index is 1.83. The Kier molecular flexibility index (Phi) is 4.74. The number of para-hydroxylation sites is 1. The van der Waals surface area contributed by atoms with Crippen LogP contribution >= 0.6 is 0 Å². The summed E-state index contributed by atoms with van der Waals surface area (Å²) in [6, 6.07) is 14.9. The molecule has 0 amide bonds. The fraction of sp³-hybridized carbons (Fsp3) is 0.278. The Morgan fingerprint density at radius 1 is 1.29 bits per heavy atom.